The Hall–Kier alpha value is -2.48. The summed E-state index contributed by atoms with van der Waals surface area (Å²) < 4.78 is 1.46. The lowest BCUT2D eigenvalue weighted by atomic mass is 9.95. The number of aryl methyl sites for hydroxylation is 2. The molecule has 30 heavy (non-hydrogen) atoms. The molecule has 0 aliphatic carbocycles. The van der Waals surface area contributed by atoms with Crippen molar-refractivity contribution in [3.8, 4) is 0 Å². The second-order valence-electron chi connectivity index (χ2n) is 8.28. The molecule has 2 nitrogen and oxygen atoms in total. The van der Waals surface area contributed by atoms with Gasteiger partial charge in [0, 0.05) is 22.3 Å². The van der Waals surface area contributed by atoms with E-state index in [1.807, 2.05) is 0 Å². The van der Waals surface area contributed by atoms with Crippen molar-refractivity contribution in [1.82, 2.24) is 0 Å². The molecule has 0 aromatic heterocycles. The number of allylic oxidation sites excluding steroid dienone is 2. The molecule has 0 saturated carbocycles. The quantitative estimate of drug-likeness (QED) is 0.358. The van der Waals surface area contributed by atoms with Crippen molar-refractivity contribution >= 4 is 11.4 Å². The smallest absolute Gasteiger partial charge is 0.211 e. The Balaban J connectivity index is 1.98. The zero-order valence-corrected chi connectivity index (χ0v) is 19.2. The zero-order valence-electron chi connectivity index (χ0n) is 19.2. The lowest BCUT2D eigenvalue weighted by Gasteiger charge is -2.11. The molecule has 0 spiro atoms. The minimum atomic E-state index is 0.909. The summed E-state index contributed by atoms with van der Waals surface area (Å²) in [5.74, 6) is 0. The van der Waals surface area contributed by atoms with Crippen LogP contribution in [0.25, 0.3) is 16.9 Å². The SMILES string of the molecule is CCCCc1ccc(C2=C(CC)C(CC)=C(c3cccc(CCCC)c3)[N+]2=[N-])cc1. The molecule has 0 saturated heterocycles. The van der Waals surface area contributed by atoms with Crippen LogP contribution in [0.3, 0.4) is 0 Å². The number of benzene rings is 2. The Labute approximate surface area is 182 Å². The van der Waals surface area contributed by atoms with Crippen LogP contribution >= 0.6 is 0 Å². The summed E-state index contributed by atoms with van der Waals surface area (Å²) >= 11 is 0. The number of hydrogen-bond acceptors (Lipinski definition) is 0. The third kappa shape index (κ3) is 4.64. The monoisotopic (exact) mass is 400 g/mol. The Bertz CT molecular complexity index is 945. The lowest BCUT2D eigenvalue weighted by Crippen LogP contribution is -2.03. The largest absolute Gasteiger partial charge is 0.493 e. The summed E-state index contributed by atoms with van der Waals surface area (Å²) in [6.07, 6.45) is 8.84. The minimum Gasteiger partial charge on any atom is -0.493 e. The molecule has 0 radical (unpaired) electrons. The third-order valence-electron chi connectivity index (χ3n) is 6.13. The van der Waals surface area contributed by atoms with E-state index in [4.69, 9.17) is 0 Å². The fraction of sp³-hybridized carbons (Fsp3) is 0.429. The summed E-state index contributed by atoms with van der Waals surface area (Å²) in [7, 11) is 0. The molecule has 0 fully saturated rings. The standard InChI is InChI=1S/C28H36N2/c1-5-9-12-21-16-18-23(19-17-21)27-25(7-3)26(8-4)28(30(27)29)24-15-11-14-22(20-24)13-10-6-2/h11,14-20H,5-10,12-13H2,1-4H3. The van der Waals surface area contributed by atoms with Crippen molar-refractivity contribution in [3.63, 3.8) is 0 Å². The van der Waals surface area contributed by atoms with Crippen LogP contribution in [0.1, 0.15) is 88.5 Å². The maximum absolute atomic E-state index is 11.4. The molecule has 1 aliphatic rings. The first-order valence-corrected chi connectivity index (χ1v) is 11.8. The van der Waals surface area contributed by atoms with E-state index in [0.29, 0.717) is 0 Å². The van der Waals surface area contributed by atoms with E-state index in [-0.39, 0.29) is 0 Å². The predicted molar refractivity (Wildman–Crippen MR) is 128 cm³/mol. The van der Waals surface area contributed by atoms with E-state index in [2.05, 4.69) is 76.2 Å². The second kappa shape index (κ2) is 10.5. The van der Waals surface area contributed by atoms with Crippen molar-refractivity contribution in [3.05, 3.63) is 87.5 Å². The maximum atomic E-state index is 11.4. The highest BCUT2D eigenvalue weighted by Crippen LogP contribution is 2.43. The number of nitrogens with zero attached hydrogens (tertiary/aromatic N) is 2. The molecule has 158 valence electrons. The minimum absolute atomic E-state index is 0.909. The van der Waals surface area contributed by atoms with E-state index in [1.54, 1.807) is 0 Å². The normalized spacial score (nSPS) is 14.2. The van der Waals surface area contributed by atoms with Gasteiger partial charge in [-0.25, -0.2) is 4.70 Å². The molecule has 2 aromatic carbocycles. The molecule has 2 aromatic rings. The molecule has 3 rings (SSSR count). The second-order valence-corrected chi connectivity index (χ2v) is 8.28. The number of unbranched alkanes of at least 4 members (excludes halogenated alkanes) is 2. The Kier molecular flexibility index (Phi) is 7.79. The van der Waals surface area contributed by atoms with Crippen LogP contribution in [-0.4, -0.2) is 4.70 Å². The van der Waals surface area contributed by atoms with Gasteiger partial charge in [-0.05, 0) is 73.9 Å². The van der Waals surface area contributed by atoms with Crippen LogP contribution in [0.4, 0.5) is 0 Å². The molecule has 1 aliphatic heterocycles. The average molecular weight is 401 g/mol. The Morgan fingerprint density at radius 3 is 1.80 bits per heavy atom. The van der Waals surface area contributed by atoms with Gasteiger partial charge < -0.3 is 5.53 Å². The highest BCUT2D eigenvalue weighted by atomic mass is 15.2. The number of rotatable bonds is 10. The van der Waals surface area contributed by atoms with Crippen molar-refractivity contribution in [2.75, 3.05) is 0 Å². The van der Waals surface area contributed by atoms with E-state index < -0.39 is 0 Å². The van der Waals surface area contributed by atoms with Gasteiger partial charge in [-0.3, -0.25) is 0 Å². The molecule has 1 heterocycles. The summed E-state index contributed by atoms with van der Waals surface area (Å²) in [5, 5.41) is 0. The van der Waals surface area contributed by atoms with Crippen molar-refractivity contribution in [2.45, 2.75) is 79.1 Å². The highest BCUT2D eigenvalue weighted by Gasteiger charge is 2.34. The molecular formula is C28H36N2. The molecule has 0 N–H and O–H groups in total. The van der Waals surface area contributed by atoms with Gasteiger partial charge in [0.25, 0.3) is 0 Å². The Morgan fingerprint density at radius 2 is 1.23 bits per heavy atom. The van der Waals surface area contributed by atoms with Gasteiger partial charge in [0.2, 0.25) is 11.4 Å². The molecule has 2 heteroatoms. The van der Waals surface area contributed by atoms with Crippen LogP contribution < -0.4 is 0 Å². The van der Waals surface area contributed by atoms with Gasteiger partial charge in [-0.15, -0.1) is 0 Å². The summed E-state index contributed by atoms with van der Waals surface area (Å²) in [6, 6.07) is 17.5. The lowest BCUT2D eigenvalue weighted by molar-refractivity contribution is -0.345. The van der Waals surface area contributed by atoms with E-state index in [9.17, 15) is 5.53 Å². The average Bonchev–Trinajstić information content (AvgIpc) is 3.08. The van der Waals surface area contributed by atoms with Gasteiger partial charge in [0.15, 0.2) is 0 Å². The number of hydrogen-bond donors (Lipinski definition) is 0. The summed E-state index contributed by atoms with van der Waals surface area (Å²) in [5.41, 5.74) is 20.7. The van der Waals surface area contributed by atoms with Crippen LogP contribution in [0, 0.1) is 0 Å². The van der Waals surface area contributed by atoms with E-state index in [0.717, 1.165) is 48.2 Å². The van der Waals surface area contributed by atoms with Gasteiger partial charge in [-0.2, -0.15) is 0 Å². The molecule has 0 atom stereocenters. The van der Waals surface area contributed by atoms with E-state index in [1.165, 1.54) is 52.7 Å². The van der Waals surface area contributed by atoms with Gasteiger partial charge in [0.05, 0.1) is 0 Å². The molecule has 0 amide bonds. The van der Waals surface area contributed by atoms with Crippen LogP contribution in [0.2, 0.25) is 0 Å². The highest BCUT2D eigenvalue weighted by molar-refractivity contribution is 5.82. The Morgan fingerprint density at radius 1 is 0.667 bits per heavy atom. The first-order chi connectivity index (χ1) is 14.6. The summed E-state index contributed by atoms with van der Waals surface area (Å²) in [6.45, 7) is 8.84. The van der Waals surface area contributed by atoms with Crippen LogP contribution in [-0.2, 0) is 12.8 Å². The first-order valence-electron chi connectivity index (χ1n) is 11.8. The van der Waals surface area contributed by atoms with Gasteiger partial charge in [0.1, 0.15) is 0 Å². The maximum Gasteiger partial charge on any atom is 0.211 e. The van der Waals surface area contributed by atoms with E-state index >= 15 is 0 Å². The fourth-order valence-electron chi connectivity index (χ4n) is 4.47. The summed E-state index contributed by atoms with van der Waals surface area (Å²) in [4.78, 5) is 0. The zero-order chi connectivity index (χ0) is 21.5. The van der Waals surface area contributed by atoms with Crippen molar-refractivity contribution in [1.29, 1.82) is 0 Å². The fourth-order valence-corrected chi connectivity index (χ4v) is 4.47. The van der Waals surface area contributed by atoms with Crippen LogP contribution in [0.15, 0.2) is 59.7 Å². The van der Waals surface area contributed by atoms with Crippen LogP contribution in [0.5, 0.6) is 0 Å². The van der Waals surface area contributed by atoms with Crippen molar-refractivity contribution < 1.29 is 4.70 Å². The predicted octanol–water partition coefficient (Wildman–Crippen LogP) is 8.36. The third-order valence-corrected chi connectivity index (χ3v) is 6.13. The molecular weight excluding hydrogens is 364 g/mol. The molecule has 0 bridgehead atoms. The van der Waals surface area contributed by atoms with Gasteiger partial charge >= 0.3 is 0 Å². The topological polar surface area (TPSA) is 25.3 Å². The first kappa shape index (κ1) is 22.2. The van der Waals surface area contributed by atoms with Gasteiger partial charge in [-0.1, -0.05) is 64.8 Å². The molecule has 0 unspecified atom stereocenters. The van der Waals surface area contributed by atoms with Crippen molar-refractivity contribution in [2.24, 2.45) is 0 Å².